The van der Waals surface area contributed by atoms with Crippen LogP contribution in [0.4, 0.5) is 11.4 Å². The Kier molecular flexibility index (Phi) is 7.73. The van der Waals surface area contributed by atoms with Gasteiger partial charge in [0.2, 0.25) is 5.91 Å². The molecular formula is C29H36N4O2. The van der Waals surface area contributed by atoms with Gasteiger partial charge in [-0.2, -0.15) is 0 Å². The molecule has 0 bridgehead atoms. The van der Waals surface area contributed by atoms with Crippen LogP contribution in [0.1, 0.15) is 23.8 Å². The van der Waals surface area contributed by atoms with Crippen molar-refractivity contribution in [2.45, 2.75) is 25.6 Å². The first-order chi connectivity index (χ1) is 16.8. The van der Waals surface area contributed by atoms with Crippen LogP contribution in [-0.2, 0) is 4.79 Å². The minimum absolute atomic E-state index is 0.155. The number of hydrogen-bond donors (Lipinski definition) is 2. The second-order valence-corrected chi connectivity index (χ2v) is 9.71. The fourth-order valence-electron chi connectivity index (χ4n) is 4.49. The lowest BCUT2D eigenvalue weighted by Crippen LogP contribution is -2.43. The number of carbonyl (C=O) groups is 1. The lowest BCUT2D eigenvalue weighted by molar-refractivity contribution is -0.132. The highest BCUT2D eigenvalue weighted by molar-refractivity contribution is 5.78. The summed E-state index contributed by atoms with van der Waals surface area (Å²) in [5, 5.41) is 13.9. The molecule has 1 aliphatic rings. The second-order valence-electron chi connectivity index (χ2n) is 9.71. The van der Waals surface area contributed by atoms with Gasteiger partial charge < -0.3 is 25.1 Å². The van der Waals surface area contributed by atoms with Crippen LogP contribution in [0.15, 0.2) is 72.8 Å². The number of aliphatic hydroxyl groups excluding tert-OH is 1. The highest BCUT2D eigenvalue weighted by Crippen LogP contribution is 2.27. The van der Waals surface area contributed by atoms with E-state index < -0.39 is 6.23 Å². The summed E-state index contributed by atoms with van der Waals surface area (Å²) in [6.07, 6.45) is 0.174. The van der Waals surface area contributed by atoms with Crippen molar-refractivity contribution in [2.24, 2.45) is 0 Å². The number of nitrogens with zero attached hydrogens (tertiary/aromatic N) is 3. The van der Waals surface area contributed by atoms with Crippen LogP contribution in [-0.4, -0.2) is 67.6 Å². The maximum Gasteiger partial charge on any atom is 0.236 e. The highest BCUT2D eigenvalue weighted by Gasteiger charge is 2.28. The Hall–Kier alpha value is -3.35. The average Bonchev–Trinajstić information content (AvgIpc) is 3.34. The first kappa shape index (κ1) is 24.8. The van der Waals surface area contributed by atoms with Gasteiger partial charge in [-0.3, -0.25) is 4.79 Å². The predicted molar refractivity (Wildman–Crippen MR) is 144 cm³/mol. The molecule has 0 aromatic heterocycles. The average molecular weight is 473 g/mol. The van der Waals surface area contributed by atoms with E-state index in [4.69, 9.17) is 0 Å². The molecule has 0 spiro atoms. The summed E-state index contributed by atoms with van der Waals surface area (Å²) in [4.78, 5) is 18.5. The minimum Gasteiger partial charge on any atom is -0.369 e. The second kappa shape index (κ2) is 10.9. The zero-order chi connectivity index (χ0) is 24.9. The molecule has 2 N–H and O–H groups in total. The zero-order valence-corrected chi connectivity index (χ0v) is 21.1. The molecule has 1 saturated heterocycles. The van der Waals surface area contributed by atoms with Crippen molar-refractivity contribution in [3.8, 4) is 11.1 Å². The van der Waals surface area contributed by atoms with E-state index in [9.17, 15) is 9.90 Å². The number of rotatable bonds is 8. The lowest BCUT2D eigenvalue weighted by Gasteiger charge is -2.27. The van der Waals surface area contributed by atoms with E-state index >= 15 is 0 Å². The third kappa shape index (κ3) is 6.21. The molecule has 3 aromatic carbocycles. The maximum atomic E-state index is 12.4. The lowest BCUT2D eigenvalue weighted by atomic mass is 10.0. The Labute approximate surface area is 208 Å². The number of benzene rings is 3. The summed E-state index contributed by atoms with van der Waals surface area (Å²) >= 11 is 0. The maximum absolute atomic E-state index is 12.4. The van der Waals surface area contributed by atoms with E-state index in [1.807, 2.05) is 67.3 Å². The van der Waals surface area contributed by atoms with E-state index in [1.165, 1.54) is 5.56 Å². The SMILES string of the molecule is Cc1ccc(-c2ccc(C(O)Nc3ccc(N4CCC(N(C)C(=O)CN(C)C)C4)cc3)cc2)cc1. The Morgan fingerprint density at radius 3 is 2.17 bits per heavy atom. The Bertz CT molecular complexity index is 1110. The molecule has 0 radical (unpaired) electrons. The van der Waals surface area contributed by atoms with Crippen molar-refractivity contribution in [3.63, 3.8) is 0 Å². The normalized spacial score (nSPS) is 16.4. The molecule has 1 fully saturated rings. The molecule has 184 valence electrons. The van der Waals surface area contributed by atoms with E-state index in [0.29, 0.717) is 6.54 Å². The number of likely N-dealkylation sites (N-methyl/N-ethyl adjacent to an activating group) is 2. The molecule has 6 heteroatoms. The molecule has 1 heterocycles. The van der Waals surface area contributed by atoms with E-state index in [-0.39, 0.29) is 11.9 Å². The van der Waals surface area contributed by atoms with Gasteiger partial charge in [0, 0.05) is 37.1 Å². The number of aliphatic hydroxyl groups is 1. The summed E-state index contributed by atoms with van der Waals surface area (Å²) in [5.74, 6) is 0.155. The Morgan fingerprint density at radius 1 is 0.971 bits per heavy atom. The monoisotopic (exact) mass is 472 g/mol. The number of nitrogens with one attached hydrogen (secondary N) is 1. The van der Waals surface area contributed by atoms with Gasteiger partial charge in [0.25, 0.3) is 0 Å². The van der Waals surface area contributed by atoms with Crippen molar-refractivity contribution >= 4 is 17.3 Å². The number of carbonyl (C=O) groups excluding carboxylic acids is 1. The van der Waals surface area contributed by atoms with Gasteiger partial charge >= 0.3 is 0 Å². The molecule has 6 nitrogen and oxygen atoms in total. The quantitative estimate of drug-likeness (QED) is 0.477. The fourth-order valence-corrected chi connectivity index (χ4v) is 4.49. The smallest absolute Gasteiger partial charge is 0.236 e. The van der Waals surface area contributed by atoms with Crippen LogP contribution in [0, 0.1) is 6.92 Å². The number of anilines is 2. The number of aryl methyl sites for hydroxylation is 1. The summed E-state index contributed by atoms with van der Waals surface area (Å²) in [7, 11) is 5.74. The van der Waals surface area contributed by atoms with Crippen molar-refractivity contribution in [1.29, 1.82) is 0 Å². The summed E-state index contributed by atoms with van der Waals surface area (Å²) < 4.78 is 0. The first-order valence-electron chi connectivity index (χ1n) is 12.2. The van der Waals surface area contributed by atoms with Crippen LogP contribution in [0.3, 0.4) is 0 Å². The molecule has 0 saturated carbocycles. The number of hydrogen-bond acceptors (Lipinski definition) is 5. The largest absolute Gasteiger partial charge is 0.369 e. The van der Waals surface area contributed by atoms with Gasteiger partial charge in [-0.25, -0.2) is 0 Å². The molecule has 4 rings (SSSR count). The first-order valence-corrected chi connectivity index (χ1v) is 12.2. The van der Waals surface area contributed by atoms with Gasteiger partial charge in [-0.1, -0.05) is 54.1 Å². The molecule has 35 heavy (non-hydrogen) atoms. The van der Waals surface area contributed by atoms with Gasteiger partial charge in [-0.15, -0.1) is 0 Å². The van der Waals surface area contributed by atoms with Crippen LogP contribution in [0.25, 0.3) is 11.1 Å². The third-order valence-electron chi connectivity index (χ3n) is 6.70. The van der Waals surface area contributed by atoms with Crippen molar-refractivity contribution in [1.82, 2.24) is 9.80 Å². The van der Waals surface area contributed by atoms with Crippen LogP contribution >= 0.6 is 0 Å². The topological polar surface area (TPSA) is 59.1 Å². The van der Waals surface area contributed by atoms with Crippen molar-refractivity contribution < 1.29 is 9.90 Å². The zero-order valence-electron chi connectivity index (χ0n) is 21.1. The molecular weight excluding hydrogens is 436 g/mol. The molecule has 2 unspecified atom stereocenters. The third-order valence-corrected chi connectivity index (χ3v) is 6.70. The summed E-state index contributed by atoms with van der Waals surface area (Å²) in [5.41, 5.74) is 6.34. The van der Waals surface area contributed by atoms with Crippen LogP contribution < -0.4 is 10.2 Å². The standard InChI is InChI=1S/C29H36N4O2/c1-21-5-7-22(8-6-21)23-9-11-24(12-10-23)29(35)30-25-13-15-26(16-14-25)33-18-17-27(19-33)32(4)28(34)20-31(2)3/h5-16,27,29-30,35H,17-20H2,1-4H3. The number of amides is 1. The molecule has 1 amide bonds. The van der Waals surface area contributed by atoms with E-state index in [0.717, 1.165) is 47.6 Å². The Morgan fingerprint density at radius 2 is 1.57 bits per heavy atom. The summed E-state index contributed by atoms with van der Waals surface area (Å²) in [6.45, 7) is 4.27. The fraction of sp³-hybridized carbons (Fsp3) is 0.345. The minimum atomic E-state index is -0.791. The van der Waals surface area contributed by atoms with Crippen molar-refractivity contribution in [2.75, 3.05) is 51.0 Å². The van der Waals surface area contributed by atoms with E-state index in [1.54, 1.807) is 0 Å². The predicted octanol–water partition coefficient (Wildman–Crippen LogP) is 4.36. The molecule has 1 aliphatic heterocycles. The van der Waals surface area contributed by atoms with Crippen LogP contribution in [0.2, 0.25) is 0 Å². The molecule has 2 atom stereocenters. The van der Waals surface area contributed by atoms with Gasteiger partial charge in [0.15, 0.2) is 6.23 Å². The van der Waals surface area contributed by atoms with E-state index in [2.05, 4.69) is 53.5 Å². The molecule has 3 aromatic rings. The summed E-state index contributed by atoms with van der Waals surface area (Å²) in [6, 6.07) is 24.8. The van der Waals surface area contributed by atoms with Crippen LogP contribution in [0.5, 0.6) is 0 Å². The van der Waals surface area contributed by atoms with Crippen molar-refractivity contribution in [3.05, 3.63) is 83.9 Å². The van der Waals surface area contributed by atoms with Gasteiger partial charge in [-0.05, 0) is 62.8 Å². The molecule has 0 aliphatic carbocycles. The highest BCUT2D eigenvalue weighted by atomic mass is 16.3. The van der Waals surface area contributed by atoms with Gasteiger partial charge in [0.1, 0.15) is 0 Å². The Balaban J connectivity index is 1.33. The van der Waals surface area contributed by atoms with Gasteiger partial charge in [0.05, 0.1) is 12.6 Å².